The zero-order chi connectivity index (χ0) is 15.8. The number of hydrogen-bond acceptors (Lipinski definition) is 3. The zero-order valence-corrected chi connectivity index (χ0v) is 12.8. The lowest BCUT2D eigenvalue weighted by molar-refractivity contribution is -0.125. The van der Waals surface area contributed by atoms with Crippen LogP contribution in [0.4, 0.5) is 5.69 Å². The molecule has 0 radical (unpaired) electrons. The Kier molecular flexibility index (Phi) is 6.40. The van der Waals surface area contributed by atoms with E-state index in [0.717, 1.165) is 18.4 Å². The fraction of sp³-hybridized carbons (Fsp3) is 0.529. The van der Waals surface area contributed by atoms with E-state index >= 15 is 0 Å². The molecule has 2 amide bonds. The van der Waals surface area contributed by atoms with Crippen molar-refractivity contribution in [3.8, 4) is 0 Å². The summed E-state index contributed by atoms with van der Waals surface area (Å²) in [5, 5.41) is 14.4. The van der Waals surface area contributed by atoms with Crippen LogP contribution in [0, 0.1) is 5.92 Å². The predicted molar refractivity (Wildman–Crippen MR) is 85.2 cm³/mol. The number of amides is 2. The Hall–Kier alpha value is -1.88. The third-order valence-electron chi connectivity index (χ3n) is 4.04. The van der Waals surface area contributed by atoms with E-state index < -0.39 is 0 Å². The van der Waals surface area contributed by atoms with Gasteiger partial charge in [-0.1, -0.05) is 31.4 Å². The number of aliphatic hydroxyl groups excluding tert-OH is 1. The SMILES string of the molecule is O=C(CC1CCCCC1)NCC(=O)Nc1cccc(CO)c1. The second-order valence-electron chi connectivity index (χ2n) is 5.89. The highest BCUT2D eigenvalue weighted by Gasteiger charge is 2.17. The molecule has 1 saturated carbocycles. The molecule has 5 heteroatoms. The van der Waals surface area contributed by atoms with E-state index in [-0.39, 0.29) is 25.0 Å². The van der Waals surface area contributed by atoms with Gasteiger partial charge in [-0.15, -0.1) is 0 Å². The maximum atomic E-state index is 11.8. The lowest BCUT2D eigenvalue weighted by Gasteiger charge is -2.20. The average Bonchev–Trinajstić information content (AvgIpc) is 2.54. The van der Waals surface area contributed by atoms with Gasteiger partial charge in [-0.2, -0.15) is 0 Å². The van der Waals surface area contributed by atoms with Crippen LogP contribution in [0.2, 0.25) is 0 Å². The van der Waals surface area contributed by atoms with Gasteiger partial charge in [0, 0.05) is 12.1 Å². The van der Waals surface area contributed by atoms with Crippen LogP contribution in [0.15, 0.2) is 24.3 Å². The summed E-state index contributed by atoms with van der Waals surface area (Å²) in [4.78, 5) is 23.7. The van der Waals surface area contributed by atoms with Gasteiger partial charge in [-0.25, -0.2) is 0 Å². The number of rotatable bonds is 6. The largest absolute Gasteiger partial charge is 0.392 e. The molecule has 1 fully saturated rings. The summed E-state index contributed by atoms with van der Waals surface area (Å²) in [5.41, 5.74) is 1.36. The highest BCUT2D eigenvalue weighted by molar-refractivity contribution is 5.94. The summed E-state index contributed by atoms with van der Waals surface area (Å²) in [6, 6.07) is 7.01. The molecule has 2 rings (SSSR count). The molecular formula is C17H24N2O3. The van der Waals surface area contributed by atoms with Crippen molar-refractivity contribution in [2.24, 2.45) is 5.92 Å². The van der Waals surface area contributed by atoms with Crippen molar-refractivity contribution < 1.29 is 14.7 Å². The van der Waals surface area contributed by atoms with Crippen molar-refractivity contribution in [2.45, 2.75) is 45.1 Å². The maximum Gasteiger partial charge on any atom is 0.243 e. The van der Waals surface area contributed by atoms with Crippen LogP contribution < -0.4 is 10.6 Å². The molecule has 0 aromatic heterocycles. The third-order valence-corrected chi connectivity index (χ3v) is 4.04. The quantitative estimate of drug-likeness (QED) is 0.754. The minimum absolute atomic E-state index is 0.0189. The fourth-order valence-electron chi connectivity index (χ4n) is 2.86. The van der Waals surface area contributed by atoms with Gasteiger partial charge in [0.15, 0.2) is 0 Å². The van der Waals surface area contributed by atoms with Gasteiger partial charge in [0.1, 0.15) is 0 Å². The van der Waals surface area contributed by atoms with Gasteiger partial charge in [0.2, 0.25) is 11.8 Å². The van der Waals surface area contributed by atoms with Crippen LogP contribution in [0.3, 0.4) is 0 Å². The monoisotopic (exact) mass is 304 g/mol. The highest BCUT2D eigenvalue weighted by Crippen LogP contribution is 2.25. The average molecular weight is 304 g/mol. The van der Waals surface area contributed by atoms with Crippen molar-refractivity contribution in [3.05, 3.63) is 29.8 Å². The number of nitrogens with one attached hydrogen (secondary N) is 2. The van der Waals surface area contributed by atoms with Gasteiger partial charge < -0.3 is 15.7 Å². The molecule has 3 N–H and O–H groups in total. The Morgan fingerprint density at radius 3 is 2.64 bits per heavy atom. The van der Waals surface area contributed by atoms with Crippen molar-refractivity contribution in [1.82, 2.24) is 5.32 Å². The Bertz CT molecular complexity index is 510. The number of hydrogen-bond donors (Lipinski definition) is 3. The number of carbonyl (C=O) groups is 2. The second kappa shape index (κ2) is 8.54. The molecule has 1 aliphatic rings. The lowest BCUT2D eigenvalue weighted by Crippen LogP contribution is -2.34. The van der Waals surface area contributed by atoms with Gasteiger partial charge in [-0.3, -0.25) is 9.59 Å². The van der Waals surface area contributed by atoms with Crippen LogP contribution in [-0.2, 0) is 16.2 Å². The molecule has 1 aromatic carbocycles. The first-order chi connectivity index (χ1) is 10.7. The first kappa shape index (κ1) is 16.5. The predicted octanol–water partition coefficient (Wildman–Crippen LogP) is 2.20. The molecule has 0 spiro atoms. The Balaban J connectivity index is 1.71. The number of anilines is 1. The molecule has 0 bridgehead atoms. The Morgan fingerprint density at radius 1 is 1.14 bits per heavy atom. The summed E-state index contributed by atoms with van der Waals surface area (Å²) >= 11 is 0. The Labute approximate surface area is 131 Å². The van der Waals surface area contributed by atoms with Crippen molar-refractivity contribution in [1.29, 1.82) is 0 Å². The molecular weight excluding hydrogens is 280 g/mol. The van der Waals surface area contributed by atoms with Gasteiger partial charge in [0.05, 0.1) is 13.2 Å². The van der Waals surface area contributed by atoms with Gasteiger partial charge >= 0.3 is 0 Å². The van der Waals surface area contributed by atoms with E-state index in [4.69, 9.17) is 5.11 Å². The Morgan fingerprint density at radius 2 is 1.91 bits per heavy atom. The molecule has 0 aliphatic heterocycles. The van der Waals surface area contributed by atoms with Gasteiger partial charge in [-0.05, 0) is 36.5 Å². The summed E-state index contributed by atoms with van der Waals surface area (Å²) in [6.45, 7) is -0.0866. The number of carbonyl (C=O) groups excluding carboxylic acids is 2. The van der Waals surface area contributed by atoms with Crippen LogP contribution in [-0.4, -0.2) is 23.5 Å². The molecule has 0 atom stereocenters. The lowest BCUT2D eigenvalue weighted by atomic mass is 9.87. The smallest absolute Gasteiger partial charge is 0.243 e. The van der Waals surface area contributed by atoms with Crippen molar-refractivity contribution in [2.75, 3.05) is 11.9 Å². The van der Waals surface area contributed by atoms with Crippen molar-refractivity contribution in [3.63, 3.8) is 0 Å². The molecule has 0 heterocycles. The minimum atomic E-state index is -0.257. The van der Waals surface area contributed by atoms with E-state index in [1.165, 1.54) is 19.3 Å². The normalized spacial score (nSPS) is 15.3. The zero-order valence-electron chi connectivity index (χ0n) is 12.8. The van der Waals surface area contributed by atoms with E-state index in [0.29, 0.717) is 18.0 Å². The summed E-state index contributed by atoms with van der Waals surface area (Å²) < 4.78 is 0. The second-order valence-corrected chi connectivity index (χ2v) is 5.89. The molecule has 120 valence electrons. The van der Waals surface area contributed by atoms with Crippen LogP contribution in [0.1, 0.15) is 44.1 Å². The molecule has 1 aromatic rings. The first-order valence-electron chi connectivity index (χ1n) is 7.93. The van der Waals surface area contributed by atoms with E-state index in [9.17, 15) is 9.59 Å². The molecule has 0 saturated heterocycles. The summed E-state index contributed by atoms with van der Waals surface area (Å²) in [7, 11) is 0. The van der Waals surface area contributed by atoms with Crippen molar-refractivity contribution >= 4 is 17.5 Å². The standard InChI is InChI=1S/C17H24N2O3/c20-12-14-7-4-8-15(9-14)19-17(22)11-18-16(21)10-13-5-2-1-3-6-13/h4,7-9,13,20H,1-3,5-6,10-12H2,(H,18,21)(H,19,22). The minimum Gasteiger partial charge on any atom is -0.392 e. The summed E-state index contributed by atoms with van der Waals surface area (Å²) in [5.74, 6) is 0.163. The molecule has 5 nitrogen and oxygen atoms in total. The van der Waals surface area contributed by atoms with E-state index in [2.05, 4.69) is 10.6 Å². The molecule has 1 aliphatic carbocycles. The number of aliphatic hydroxyl groups is 1. The molecule has 22 heavy (non-hydrogen) atoms. The summed E-state index contributed by atoms with van der Waals surface area (Å²) in [6.07, 6.45) is 6.45. The first-order valence-corrected chi connectivity index (χ1v) is 7.93. The van der Waals surface area contributed by atoms with Crippen LogP contribution in [0.25, 0.3) is 0 Å². The van der Waals surface area contributed by atoms with Crippen LogP contribution >= 0.6 is 0 Å². The number of benzene rings is 1. The third kappa shape index (κ3) is 5.48. The molecule has 0 unspecified atom stereocenters. The maximum absolute atomic E-state index is 11.8. The van der Waals surface area contributed by atoms with E-state index in [1.807, 2.05) is 0 Å². The fourth-order valence-corrected chi connectivity index (χ4v) is 2.86. The van der Waals surface area contributed by atoms with Gasteiger partial charge in [0.25, 0.3) is 0 Å². The van der Waals surface area contributed by atoms with E-state index in [1.54, 1.807) is 24.3 Å². The highest BCUT2D eigenvalue weighted by atomic mass is 16.3. The van der Waals surface area contributed by atoms with Crippen LogP contribution in [0.5, 0.6) is 0 Å². The topological polar surface area (TPSA) is 78.4 Å².